The molecule has 0 nitrogen and oxygen atoms in total. The van der Waals surface area contributed by atoms with E-state index in [9.17, 15) is 0 Å². The molecule has 30 heavy (non-hydrogen) atoms. The van der Waals surface area contributed by atoms with Crippen LogP contribution in [0.3, 0.4) is 0 Å². The molecule has 2 heteroatoms. The Kier molecular flexibility index (Phi) is 2.25. The summed E-state index contributed by atoms with van der Waals surface area (Å²) in [6.45, 7) is 0. The van der Waals surface area contributed by atoms with Crippen molar-refractivity contribution in [3.05, 3.63) is 71.4 Å². The Labute approximate surface area is 178 Å². The fraction of sp³-hybridized carbons (Fsp3) is 0. The lowest BCUT2D eigenvalue weighted by Crippen LogP contribution is -1.93. The van der Waals surface area contributed by atoms with Gasteiger partial charge in [0.25, 0.3) is 0 Å². The van der Waals surface area contributed by atoms with Crippen LogP contribution in [0.25, 0.3) is 84.8 Å². The molecule has 0 aliphatic rings. The van der Waals surface area contributed by atoms with Gasteiger partial charge >= 0.3 is 0 Å². The molecule has 0 aliphatic heterocycles. The molecule has 0 fully saturated rings. The first-order chi connectivity index (χ1) is 14.9. The third-order valence-corrected chi connectivity index (χ3v) is 9.14. The number of hydrogen-bond donors (Lipinski definition) is 0. The predicted octanol–water partition coefficient (Wildman–Crippen LogP) is 9.35. The van der Waals surface area contributed by atoms with Crippen molar-refractivity contribution in [3.63, 3.8) is 0 Å². The third-order valence-electron chi connectivity index (χ3n) is 7.26. The molecule has 0 saturated carbocycles. The van der Waals surface area contributed by atoms with E-state index < -0.39 is 0 Å². The highest BCUT2D eigenvalue weighted by atomic mass is 32.1. The molecule has 2 aromatic heterocycles. The van der Waals surface area contributed by atoms with E-state index in [2.05, 4.69) is 71.4 Å². The monoisotopic (exact) mass is 412 g/mol. The van der Waals surface area contributed by atoms with Crippen LogP contribution in [0.5, 0.6) is 0 Å². The SMILES string of the molecule is c1cc2c(s1)c1ccc3ccc4ccc5ccc6c7ccsc7c2c2c6c5c4c3c12. The fourth-order valence-corrected chi connectivity index (χ4v) is 8.07. The number of benzene rings is 7. The summed E-state index contributed by atoms with van der Waals surface area (Å²) >= 11 is 3.78. The lowest BCUT2D eigenvalue weighted by Gasteiger charge is -2.22. The molecule has 0 bridgehead atoms. The second kappa shape index (κ2) is 4.59. The Hall–Kier alpha value is -3.20. The Morgan fingerprint density at radius 2 is 0.833 bits per heavy atom. The molecule has 0 radical (unpaired) electrons. The molecule has 7 aromatic carbocycles. The summed E-state index contributed by atoms with van der Waals surface area (Å²) < 4.78 is 2.86. The van der Waals surface area contributed by atoms with Gasteiger partial charge in [-0.25, -0.2) is 0 Å². The minimum Gasteiger partial charge on any atom is -0.143 e. The molecular weight excluding hydrogens is 400 g/mol. The van der Waals surface area contributed by atoms with Crippen LogP contribution in [0.1, 0.15) is 0 Å². The molecule has 0 unspecified atom stereocenters. The summed E-state index contributed by atoms with van der Waals surface area (Å²) in [7, 11) is 0. The molecule has 9 aromatic rings. The lowest BCUT2D eigenvalue weighted by atomic mass is 9.81. The van der Waals surface area contributed by atoms with Crippen molar-refractivity contribution in [1.82, 2.24) is 0 Å². The summed E-state index contributed by atoms with van der Waals surface area (Å²) in [4.78, 5) is 0. The summed E-state index contributed by atoms with van der Waals surface area (Å²) in [5.41, 5.74) is 0. The van der Waals surface area contributed by atoms with E-state index in [1.807, 2.05) is 22.7 Å². The van der Waals surface area contributed by atoms with E-state index in [-0.39, 0.29) is 0 Å². The van der Waals surface area contributed by atoms with Crippen LogP contribution in [0.2, 0.25) is 0 Å². The van der Waals surface area contributed by atoms with Crippen molar-refractivity contribution in [2.24, 2.45) is 0 Å². The Morgan fingerprint density at radius 1 is 0.333 bits per heavy atom. The first-order valence-corrected chi connectivity index (χ1v) is 12.0. The van der Waals surface area contributed by atoms with E-state index >= 15 is 0 Å². The van der Waals surface area contributed by atoms with Gasteiger partial charge in [0, 0.05) is 41.7 Å². The fourth-order valence-electron chi connectivity index (χ4n) is 6.16. The first-order valence-electron chi connectivity index (χ1n) is 10.3. The molecule has 0 saturated heterocycles. The first kappa shape index (κ1) is 14.7. The number of rotatable bonds is 0. The highest BCUT2D eigenvalue weighted by Crippen LogP contribution is 2.54. The van der Waals surface area contributed by atoms with E-state index in [1.165, 1.54) is 84.8 Å². The zero-order valence-electron chi connectivity index (χ0n) is 15.7. The van der Waals surface area contributed by atoms with E-state index in [0.29, 0.717) is 0 Å². The zero-order valence-corrected chi connectivity index (χ0v) is 17.4. The van der Waals surface area contributed by atoms with Crippen molar-refractivity contribution in [2.45, 2.75) is 0 Å². The van der Waals surface area contributed by atoms with Crippen LogP contribution >= 0.6 is 22.7 Å². The second-order valence-electron chi connectivity index (χ2n) is 8.48. The van der Waals surface area contributed by atoms with Crippen molar-refractivity contribution in [1.29, 1.82) is 0 Å². The van der Waals surface area contributed by atoms with Crippen LogP contribution in [0.4, 0.5) is 0 Å². The zero-order chi connectivity index (χ0) is 19.1. The largest absolute Gasteiger partial charge is 0.143 e. The molecule has 0 N–H and O–H groups in total. The minimum absolute atomic E-state index is 1.35. The molecule has 9 rings (SSSR count). The van der Waals surface area contributed by atoms with Gasteiger partial charge in [-0.1, -0.05) is 48.5 Å². The summed E-state index contributed by atoms with van der Waals surface area (Å²) in [6.07, 6.45) is 0. The van der Waals surface area contributed by atoms with E-state index in [4.69, 9.17) is 0 Å². The molecule has 136 valence electrons. The molecule has 0 spiro atoms. The maximum Gasteiger partial charge on any atom is 0.0434 e. The minimum atomic E-state index is 1.35. The van der Waals surface area contributed by atoms with Gasteiger partial charge in [-0.05, 0) is 66.0 Å². The second-order valence-corrected chi connectivity index (χ2v) is 10.3. The standard InChI is InChI=1S/C28H12S2/c1-3-14-5-7-16-17-9-11-30-28(17)25-19-10-12-29-27(19)18-8-6-15-4-2-13(1)20-21(14)23(16)26(25)24(18)22(15)20/h1-12H. The quantitative estimate of drug-likeness (QED) is 0.172. The third kappa shape index (κ3) is 1.38. The van der Waals surface area contributed by atoms with Crippen LogP contribution < -0.4 is 0 Å². The van der Waals surface area contributed by atoms with Gasteiger partial charge in [0.15, 0.2) is 0 Å². The van der Waals surface area contributed by atoms with Crippen molar-refractivity contribution in [2.75, 3.05) is 0 Å². The van der Waals surface area contributed by atoms with Gasteiger partial charge in [0.1, 0.15) is 0 Å². The van der Waals surface area contributed by atoms with Crippen LogP contribution in [0.15, 0.2) is 71.4 Å². The van der Waals surface area contributed by atoms with Crippen LogP contribution in [-0.4, -0.2) is 0 Å². The van der Waals surface area contributed by atoms with Gasteiger partial charge in [0.2, 0.25) is 0 Å². The summed E-state index contributed by atoms with van der Waals surface area (Å²) in [5.74, 6) is 0. The molecular formula is C28H12S2. The Bertz CT molecular complexity index is 1960. The van der Waals surface area contributed by atoms with Gasteiger partial charge in [-0.2, -0.15) is 0 Å². The summed E-state index contributed by atoms with van der Waals surface area (Å²) in [6, 6.07) is 23.3. The smallest absolute Gasteiger partial charge is 0.0434 e. The molecule has 2 heterocycles. The van der Waals surface area contributed by atoms with E-state index in [0.717, 1.165) is 0 Å². The average molecular weight is 413 g/mol. The van der Waals surface area contributed by atoms with Gasteiger partial charge in [-0.15, -0.1) is 22.7 Å². The number of fused-ring (bicyclic) bond motifs is 6. The molecule has 0 aliphatic carbocycles. The van der Waals surface area contributed by atoms with Gasteiger partial charge < -0.3 is 0 Å². The number of thiophene rings is 2. The topological polar surface area (TPSA) is 0 Å². The maximum atomic E-state index is 2.36. The van der Waals surface area contributed by atoms with Gasteiger partial charge in [0.05, 0.1) is 0 Å². The summed E-state index contributed by atoms with van der Waals surface area (Å²) in [5, 5.41) is 24.4. The van der Waals surface area contributed by atoms with E-state index in [1.54, 1.807) is 0 Å². The van der Waals surface area contributed by atoms with Gasteiger partial charge in [-0.3, -0.25) is 0 Å². The maximum absolute atomic E-state index is 2.36. The highest BCUT2D eigenvalue weighted by Gasteiger charge is 2.24. The van der Waals surface area contributed by atoms with Crippen molar-refractivity contribution >= 4 is 107 Å². The van der Waals surface area contributed by atoms with Crippen LogP contribution in [-0.2, 0) is 0 Å². The normalized spacial score (nSPS) is 13.3. The Morgan fingerprint density at radius 3 is 1.57 bits per heavy atom. The number of hydrogen-bond acceptors (Lipinski definition) is 2. The van der Waals surface area contributed by atoms with Crippen molar-refractivity contribution < 1.29 is 0 Å². The highest BCUT2D eigenvalue weighted by molar-refractivity contribution is 7.20. The lowest BCUT2D eigenvalue weighted by molar-refractivity contribution is 1.84. The molecule has 0 atom stereocenters. The predicted molar refractivity (Wildman–Crippen MR) is 136 cm³/mol. The molecule has 0 amide bonds. The van der Waals surface area contributed by atoms with Crippen molar-refractivity contribution in [3.8, 4) is 0 Å². The average Bonchev–Trinajstić information content (AvgIpc) is 3.47. The Balaban J connectivity index is 1.91. The van der Waals surface area contributed by atoms with Crippen LogP contribution in [0, 0.1) is 0 Å².